The highest BCUT2D eigenvalue weighted by Gasteiger charge is 2.43. The highest BCUT2D eigenvalue weighted by molar-refractivity contribution is 6.45. The van der Waals surface area contributed by atoms with Crippen molar-refractivity contribution in [2.24, 2.45) is 0 Å². The van der Waals surface area contributed by atoms with Crippen LogP contribution in [0, 0.1) is 0 Å². The molecule has 4 heterocycles. The predicted molar refractivity (Wildman–Crippen MR) is 515 cm³/mol. The summed E-state index contributed by atoms with van der Waals surface area (Å²) in [7, 11) is 0. The van der Waals surface area contributed by atoms with Gasteiger partial charge in [-0.25, -0.2) is 19.3 Å². The largest absolute Gasteiger partial charge is 0.507 e. The van der Waals surface area contributed by atoms with Crippen molar-refractivity contribution < 1.29 is 68.1 Å². The first-order chi connectivity index (χ1) is 64.1. The van der Waals surface area contributed by atoms with Gasteiger partial charge in [-0.1, -0.05) is 180 Å². The van der Waals surface area contributed by atoms with Crippen molar-refractivity contribution in [3.05, 3.63) is 323 Å². The zero-order chi connectivity index (χ0) is 93.9. The number of aromatic nitrogens is 6. The number of nitrogens with zero attached hydrogens (tertiary/aromatic N) is 8. The van der Waals surface area contributed by atoms with Crippen LogP contribution in [0.2, 0.25) is 0 Å². The Labute approximate surface area is 771 Å². The molecule has 24 nitrogen and oxygen atoms in total. The van der Waals surface area contributed by atoms with E-state index >= 15 is 19.2 Å². The van der Waals surface area contributed by atoms with Gasteiger partial charge in [-0.15, -0.1) is 10.2 Å². The van der Waals surface area contributed by atoms with Gasteiger partial charge in [-0.3, -0.25) is 38.6 Å². The minimum absolute atomic E-state index is 0.0387. The number of amides is 6. The van der Waals surface area contributed by atoms with Gasteiger partial charge in [0.05, 0.1) is 55.9 Å². The van der Waals surface area contributed by atoms with Crippen LogP contribution in [0.3, 0.4) is 0 Å². The Hall–Kier alpha value is -16.5. The number of carbonyl (C=O) groups is 6. The van der Waals surface area contributed by atoms with E-state index in [1.54, 1.807) is 146 Å². The molecule has 24 heteroatoms. The van der Waals surface area contributed by atoms with Gasteiger partial charge in [-0.05, 0) is 214 Å². The van der Waals surface area contributed by atoms with Crippen LogP contribution in [0.25, 0.3) is 100 Å². The van der Waals surface area contributed by atoms with E-state index in [2.05, 4.69) is 93.7 Å². The predicted octanol–water partition coefficient (Wildman–Crippen LogP) is 22.8. The molecule has 134 heavy (non-hydrogen) atoms. The van der Waals surface area contributed by atoms with Crippen LogP contribution in [0.15, 0.2) is 267 Å². The fourth-order valence-corrected chi connectivity index (χ4v) is 17.4. The topological polar surface area (TPSA) is 312 Å². The number of fused-ring (bicyclic) bond motifs is 2. The molecule has 2 aliphatic heterocycles. The van der Waals surface area contributed by atoms with E-state index in [0.717, 1.165) is 32.1 Å². The van der Waals surface area contributed by atoms with E-state index in [-0.39, 0.29) is 161 Å². The Balaban J connectivity index is 0.758. The average Bonchev–Trinajstić information content (AvgIpc) is 0.716. The number of rotatable bonds is 22. The molecule has 15 aromatic carbocycles. The number of hydrogen-bond acceptors (Lipinski definition) is 18. The maximum absolute atomic E-state index is 16.3. The van der Waals surface area contributed by atoms with E-state index in [9.17, 15) is 30.0 Å². The molecular formula is C110H94N10O14. The number of hydrogen-bond donors (Lipinski definition) is 6. The molecule has 2 aromatic heterocycles. The second kappa shape index (κ2) is 33.5. The van der Waals surface area contributed by atoms with Crippen molar-refractivity contribution in [1.29, 1.82) is 0 Å². The summed E-state index contributed by atoms with van der Waals surface area (Å²) in [4.78, 5) is 106. The third kappa shape index (κ3) is 16.0. The van der Waals surface area contributed by atoms with E-state index in [0.29, 0.717) is 88.9 Å². The summed E-state index contributed by atoms with van der Waals surface area (Å²) < 4.78 is 32.5. The molecule has 0 aliphatic carbocycles. The highest BCUT2D eigenvalue weighted by Crippen LogP contribution is 2.59. The molecule has 0 saturated heterocycles. The molecule has 19 rings (SSSR count). The number of phenolic OH excluding ortho intramolecular Hbond substituents is 4. The second-order valence-corrected chi connectivity index (χ2v) is 37.7. The lowest BCUT2D eigenvalue weighted by Gasteiger charge is -2.32. The third-order valence-corrected chi connectivity index (χ3v) is 24.6. The Morgan fingerprint density at radius 3 is 0.791 bits per heavy atom. The van der Waals surface area contributed by atoms with Crippen LogP contribution in [0.1, 0.15) is 167 Å². The summed E-state index contributed by atoms with van der Waals surface area (Å²) in [6, 6.07) is 76.4. The van der Waals surface area contributed by atoms with Crippen LogP contribution in [0.5, 0.6) is 69.0 Å². The summed E-state index contributed by atoms with van der Waals surface area (Å²) in [6.45, 7) is 24.1. The molecule has 17 aromatic rings. The van der Waals surface area contributed by atoms with Gasteiger partial charge in [-0.2, -0.15) is 0 Å². The standard InChI is InChI=1S/C110H94N10O14/c1-107(2,3)63-33-45-69(46-34-63)131-85-57-77-89-78(104(128)117(103(77)127)55-53-111-101(125)61-29-41-67(42-30-61)119-99(75-23-15-19-27-83(75)123)113-97(115-119)73-21-13-17-25-81(73)121)59-87(133-71-49-37-65(38-50-71)109(7,8)9)93-94-88(134-72-51-39-66(40-52-72)110(10,11)12)60-80-90-79(58-86(92(96(90)94)91(85)95(89)93)132-70-47-35-64(36-48-70)108(4,5)6)105(129)118(106(80)130)56-54-112-102(126)62-31-43-68(44-32-62)120-100(76-24-16-20-28-84(76)124)114-98(116-120)74-22-14-18-26-82(74)122/h13-52,57-60,121-124H,53-56H2,1-12H3,(H,111,125)(H,112,126). The molecule has 0 bridgehead atoms. The highest BCUT2D eigenvalue weighted by atomic mass is 16.5. The Bertz CT molecular complexity index is 6930. The first kappa shape index (κ1) is 86.9. The molecule has 668 valence electrons. The molecule has 0 fully saturated rings. The van der Waals surface area contributed by atoms with Crippen molar-refractivity contribution in [2.45, 2.75) is 105 Å². The summed E-state index contributed by atoms with van der Waals surface area (Å²) in [5, 5.41) is 61.5. The number of carbonyl (C=O) groups excluding carboxylic acids is 6. The van der Waals surface area contributed by atoms with Crippen molar-refractivity contribution in [1.82, 2.24) is 50.0 Å². The van der Waals surface area contributed by atoms with Crippen molar-refractivity contribution in [3.63, 3.8) is 0 Å². The van der Waals surface area contributed by atoms with Gasteiger partial charge in [0.15, 0.2) is 23.3 Å². The molecular weight excluding hydrogens is 1690 g/mol. The van der Waals surface area contributed by atoms with Crippen molar-refractivity contribution in [3.8, 4) is 126 Å². The molecule has 0 spiro atoms. The lowest BCUT2D eigenvalue weighted by Crippen LogP contribution is -2.44. The van der Waals surface area contributed by atoms with E-state index in [1.807, 2.05) is 97.1 Å². The smallest absolute Gasteiger partial charge is 0.261 e. The van der Waals surface area contributed by atoms with Gasteiger partial charge in [0.2, 0.25) is 0 Å². The second-order valence-electron chi connectivity index (χ2n) is 37.7. The number of aromatic hydroxyl groups is 4. The fraction of sp³-hybridized carbons (Fsp3) is 0.182. The number of phenols is 4. The Kier molecular flexibility index (Phi) is 21.7. The molecule has 0 saturated carbocycles. The maximum Gasteiger partial charge on any atom is 0.261 e. The molecule has 6 N–H and O–H groups in total. The van der Waals surface area contributed by atoms with Crippen LogP contribution in [0.4, 0.5) is 0 Å². The normalized spacial score (nSPS) is 13.0. The number of para-hydroxylation sites is 4. The molecule has 0 atom stereocenters. The number of nitrogens with one attached hydrogen (secondary N) is 2. The molecule has 0 unspecified atom stereocenters. The van der Waals surface area contributed by atoms with Crippen LogP contribution < -0.4 is 29.6 Å². The zero-order valence-electron chi connectivity index (χ0n) is 75.7. The summed E-state index contributed by atoms with van der Waals surface area (Å²) >= 11 is 0. The van der Waals surface area contributed by atoms with Gasteiger partial charge in [0.1, 0.15) is 69.0 Å². The fourth-order valence-electron chi connectivity index (χ4n) is 17.4. The zero-order valence-corrected chi connectivity index (χ0v) is 75.7. The van der Waals surface area contributed by atoms with Gasteiger partial charge >= 0.3 is 0 Å². The van der Waals surface area contributed by atoms with Gasteiger partial charge in [0.25, 0.3) is 35.4 Å². The molecule has 2 aliphatic rings. The summed E-state index contributed by atoms with van der Waals surface area (Å²) in [5.41, 5.74) is 5.78. The maximum atomic E-state index is 16.3. The summed E-state index contributed by atoms with van der Waals surface area (Å²) in [6.07, 6.45) is 0. The number of imide groups is 2. The van der Waals surface area contributed by atoms with Crippen molar-refractivity contribution in [2.75, 3.05) is 26.2 Å². The number of ether oxygens (including phenoxy) is 4. The first-order valence-corrected chi connectivity index (χ1v) is 44.2. The monoisotopic (exact) mass is 1780 g/mol. The minimum Gasteiger partial charge on any atom is -0.507 e. The third-order valence-electron chi connectivity index (χ3n) is 24.6. The minimum atomic E-state index is -0.731. The van der Waals surface area contributed by atoms with E-state index in [1.165, 1.54) is 33.6 Å². The van der Waals surface area contributed by atoms with Gasteiger partial charge in [0, 0.05) is 80.4 Å². The Morgan fingerprint density at radius 1 is 0.299 bits per heavy atom. The lowest BCUT2D eigenvalue weighted by atomic mass is 9.80. The van der Waals surface area contributed by atoms with E-state index < -0.39 is 35.4 Å². The SMILES string of the molecule is CC(C)(C)c1ccc(Oc2cc3c4c(cc(Oc5ccc(C(C)(C)C)cc5)c5c6c(Oc7ccc(C(C)(C)C)cc7)cc7c8c(cc(Oc9ccc(C(C)(C)C)cc9)c(c2c45)c86)C(=O)N(CCNC(=O)c2ccc(-n4nc(-c5ccccc5O)nc4-c4ccccc4O)cc2)C7=O)C(=O)N(CCNC(=O)c2ccc(-n4nc(-c5ccccc5O)nc4-c4ccccc4O)cc2)C3=O)cc1. The quantitative estimate of drug-likeness (QED) is 0.0209. The molecule has 0 radical (unpaired) electrons. The first-order valence-electron chi connectivity index (χ1n) is 44.2. The molecule has 6 amide bonds. The van der Waals surface area contributed by atoms with Gasteiger partial charge < -0.3 is 50.0 Å². The van der Waals surface area contributed by atoms with Crippen LogP contribution in [-0.2, 0) is 21.7 Å². The van der Waals surface area contributed by atoms with E-state index in [4.69, 9.17) is 39.1 Å². The van der Waals surface area contributed by atoms with Crippen LogP contribution in [-0.4, -0.2) is 121 Å². The van der Waals surface area contributed by atoms with Crippen molar-refractivity contribution >= 4 is 78.5 Å². The van der Waals surface area contributed by atoms with Crippen LogP contribution >= 0.6 is 0 Å². The lowest BCUT2D eigenvalue weighted by molar-refractivity contribution is 0.0594. The Morgan fingerprint density at radius 2 is 0.545 bits per heavy atom. The number of benzene rings is 15. The summed E-state index contributed by atoms with van der Waals surface area (Å²) in [5.74, 6) is -1.55. The average molecular weight is 1780 g/mol.